The van der Waals surface area contributed by atoms with Gasteiger partial charge in [0.05, 0.1) is 7.11 Å². The minimum atomic E-state index is -0.159. The third-order valence-electron chi connectivity index (χ3n) is 3.84. The molecular formula is C15H23N3O2. The molecule has 5 nitrogen and oxygen atoms in total. The molecular weight excluding hydrogens is 254 g/mol. The average Bonchev–Trinajstić information content (AvgIpc) is 2.92. The Morgan fingerprint density at radius 2 is 2.35 bits per heavy atom. The molecule has 0 radical (unpaired) electrons. The standard InChI is InChI=1S/C15H23N3O2/c1-4-18-9-5-6-12(18)10-16-15(19)14-13(20-3)8-7-11(2)17-14/h7-8,12H,4-6,9-10H2,1-3H3,(H,16,19). The van der Waals surface area contributed by atoms with Crippen molar-refractivity contribution < 1.29 is 9.53 Å². The van der Waals surface area contributed by atoms with Crippen molar-refractivity contribution in [2.45, 2.75) is 32.7 Å². The zero-order chi connectivity index (χ0) is 14.5. The molecule has 1 atom stereocenters. The number of carbonyl (C=O) groups excluding carboxylic acids is 1. The first-order valence-electron chi connectivity index (χ1n) is 7.19. The second kappa shape index (κ2) is 6.70. The topological polar surface area (TPSA) is 54.5 Å². The van der Waals surface area contributed by atoms with E-state index in [0.717, 1.165) is 25.2 Å². The fraction of sp³-hybridized carbons (Fsp3) is 0.600. The van der Waals surface area contributed by atoms with Gasteiger partial charge in [0.1, 0.15) is 5.75 Å². The van der Waals surface area contributed by atoms with Crippen LogP contribution in [0, 0.1) is 6.92 Å². The van der Waals surface area contributed by atoms with Crippen LogP contribution in [0.3, 0.4) is 0 Å². The summed E-state index contributed by atoms with van der Waals surface area (Å²) in [5.41, 5.74) is 1.18. The third kappa shape index (κ3) is 3.28. The highest BCUT2D eigenvalue weighted by atomic mass is 16.5. The van der Waals surface area contributed by atoms with Crippen molar-refractivity contribution in [3.8, 4) is 5.75 Å². The van der Waals surface area contributed by atoms with Crippen molar-refractivity contribution in [3.05, 3.63) is 23.5 Å². The zero-order valence-corrected chi connectivity index (χ0v) is 12.5. The van der Waals surface area contributed by atoms with E-state index in [0.29, 0.717) is 24.0 Å². The third-order valence-corrected chi connectivity index (χ3v) is 3.84. The Kier molecular flexibility index (Phi) is 4.95. The van der Waals surface area contributed by atoms with Gasteiger partial charge in [0, 0.05) is 18.3 Å². The van der Waals surface area contributed by atoms with Crippen LogP contribution in [0.2, 0.25) is 0 Å². The fourth-order valence-electron chi connectivity index (χ4n) is 2.71. The Labute approximate surface area is 120 Å². The summed E-state index contributed by atoms with van der Waals surface area (Å²) in [4.78, 5) is 18.9. The maximum absolute atomic E-state index is 12.3. The molecule has 0 aromatic carbocycles. The Hall–Kier alpha value is -1.62. The van der Waals surface area contributed by atoms with E-state index in [4.69, 9.17) is 4.74 Å². The van der Waals surface area contributed by atoms with E-state index < -0.39 is 0 Å². The van der Waals surface area contributed by atoms with Gasteiger partial charge in [0.2, 0.25) is 0 Å². The van der Waals surface area contributed by atoms with E-state index in [1.165, 1.54) is 6.42 Å². The predicted molar refractivity (Wildman–Crippen MR) is 78.1 cm³/mol. The molecule has 1 fully saturated rings. The number of nitrogens with zero attached hydrogens (tertiary/aromatic N) is 2. The summed E-state index contributed by atoms with van der Waals surface area (Å²) < 4.78 is 5.20. The number of rotatable bonds is 5. The van der Waals surface area contributed by atoms with Crippen LogP contribution in [0.1, 0.15) is 35.9 Å². The number of carbonyl (C=O) groups is 1. The monoisotopic (exact) mass is 277 g/mol. The molecule has 1 aromatic rings. The smallest absolute Gasteiger partial charge is 0.273 e. The highest BCUT2D eigenvalue weighted by Gasteiger charge is 2.24. The van der Waals surface area contributed by atoms with Crippen LogP contribution < -0.4 is 10.1 Å². The van der Waals surface area contributed by atoms with E-state index in [1.54, 1.807) is 13.2 Å². The number of hydrogen-bond acceptors (Lipinski definition) is 4. The molecule has 5 heteroatoms. The predicted octanol–water partition coefficient (Wildman–Crippen LogP) is 1.61. The summed E-state index contributed by atoms with van der Waals surface area (Å²) in [5, 5.41) is 2.98. The van der Waals surface area contributed by atoms with Gasteiger partial charge in [-0.2, -0.15) is 0 Å². The van der Waals surface area contributed by atoms with Crippen LogP contribution in [0.25, 0.3) is 0 Å². The molecule has 0 bridgehead atoms. The molecule has 110 valence electrons. The van der Waals surface area contributed by atoms with Crippen LogP contribution in [-0.4, -0.2) is 48.6 Å². The number of aryl methyl sites for hydroxylation is 1. The lowest BCUT2D eigenvalue weighted by Gasteiger charge is -2.22. The first-order valence-corrected chi connectivity index (χ1v) is 7.19. The van der Waals surface area contributed by atoms with E-state index in [1.807, 2.05) is 13.0 Å². The Bertz CT molecular complexity index is 476. The van der Waals surface area contributed by atoms with Crippen LogP contribution in [0.15, 0.2) is 12.1 Å². The van der Waals surface area contributed by atoms with Gasteiger partial charge in [-0.05, 0) is 45.0 Å². The molecule has 1 N–H and O–H groups in total. The number of amides is 1. The van der Waals surface area contributed by atoms with Crippen molar-refractivity contribution in [2.75, 3.05) is 26.7 Å². The van der Waals surface area contributed by atoms with Crippen LogP contribution in [0.4, 0.5) is 0 Å². The van der Waals surface area contributed by atoms with Gasteiger partial charge in [0.25, 0.3) is 5.91 Å². The first-order chi connectivity index (χ1) is 9.65. The average molecular weight is 277 g/mol. The summed E-state index contributed by atoms with van der Waals surface area (Å²) in [7, 11) is 1.55. The lowest BCUT2D eigenvalue weighted by molar-refractivity contribution is 0.0933. The van der Waals surface area contributed by atoms with Crippen molar-refractivity contribution in [1.82, 2.24) is 15.2 Å². The molecule has 1 aliphatic heterocycles. The van der Waals surface area contributed by atoms with Crippen molar-refractivity contribution in [2.24, 2.45) is 0 Å². The summed E-state index contributed by atoms with van der Waals surface area (Å²) in [6.45, 7) is 6.86. The summed E-state index contributed by atoms with van der Waals surface area (Å²) in [6, 6.07) is 4.07. The lowest BCUT2D eigenvalue weighted by Crippen LogP contribution is -2.40. The van der Waals surface area contributed by atoms with E-state index in [2.05, 4.69) is 22.1 Å². The molecule has 1 aromatic heterocycles. The molecule has 1 aliphatic rings. The number of pyridine rings is 1. The van der Waals surface area contributed by atoms with Crippen molar-refractivity contribution in [3.63, 3.8) is 0 Å². The molecule has 0 spiro atoms. The highest BCUT2D eigenvalue weighted by molar-refractivity contribution is 5.95. The second-order valence-corrected chi connectivity index (χ2v) is 5.14. The van der Waals surface area contributed by atoms with Gasteiger partial charge in [-0.3, -0.25) is 9.69 Å². The first kappa shape index (κ1) is 14.8. The number of nitrogens with one attached hydrogen (secondary N) is 1. The maximum Gasteiger partial charge on any atom is 0.273 e. The Morgan fingerprint density at radius 1 is 1.55 bits per heavy atom. The number of likely N-dealkylation sites (tertiary alicyclic amines) is 1. The van der Waals surface area contributed by atoms with Gasteiger partial charge in [0.15, 0.2) is 5.69 Å². The molecule has 1 unspecified atom stereocenters. The number of ether oxygens (including phenoxy) is 1. The molecule has 0 saturated carbocycles. The molecule has 1 amide bonds. The lowest BCUT2D eigenvalue weighted by atomic mass is 10.2. The van der Waals surface area contributed by atoms with Crippen molar-refractivity contribution >= 4 is 5.91 Å². The van der Waals surface area contributed by atoms with E-state index >= 15 is 0 Å². The quantitative estimate of drug-likeness (QED) is 0.888. The number of hydrogen-bond donors (Lipinski definition) is 1. The van der Waals surface area contributed by atoms with Crippen LogP contribution in [0.5, 0.6) is 5.75 Å². The largest absolute Gasteiger partial charge is 0.494 e. The van der Waals surface area contributed by atoms with Gasteiger partial charge in [-0.1, -0.05) is 6.92 Å². The fourth-order valence-corrected chi connectivity index (χ4v) is 2.71. The normalized spacial score (nSPS) is 19.1. The number of aromatic nitrogens is 1. The zero-order valence-electron chi connectivity index (χ0n) is 12.5. The second-order valence-electron chi connectivity index (χ2n) is 5.14. The van der Waals surface area contributed by atoms with E-state index in [-0.39, 0.29) is 5.91 Å². The summed E-state index contributed by atoms with van der Waals surface area (Å²) in [5.74, 6) is 0.361. The summed E-state index contributed by atoms with van der Waals surface area (Å²) in [6.07, 6.45) is 2.35. The highest BCUT2D eigenvalue weighted by Crippen LogP contribution is 2.18. The minimum Gasteiger partial charge on any atom is -0.494 e. The SMILES string of the molecule is CCN1CCCC1CNC(=O)c1nc(C)ccc1OC. The molecule has 20 heavy (non-hydrogen) atoms. The maximum atomic E-state index is 12.3. The van der Waals surface area contributed by atoms with Crippen LogP contribution in [-0.2, 0) is 0 Å². The molecule has 0 aliphatic carbocycles. The van der Waals surface area contributed by atoms with Gasteiger partial charge in [-0.25, -0.2) is 4.98 Å². The van der Waals surface area contributed by atoms with Gasteiger partial charge in [-0.15, -0.1) is 0 Å². The van der Waals surface area contributed by atoms with Crippen molar-refractivity contribution in [1.29, 1.82) is 0 Å². The molecule has 2 rings (SSSR count). The van der Waals surface area contributed by atoms with Crippen LogP contribution >= 0.6 is 0 Å². The molecule has 2 heterocycles. The Morgan fingerprint density at radius 3 is 3.05 bits per heavy atom. The van der Waals surface area contributed by atoms with E-state index in [9.17, 15) is 4.79 Å². The number of likely N-dealkylation sites (N-methyl/N-ethyl adjacent to an activating group) is 1. The Balaban J connectivity index is 2.00. The minimum absolute atomic E-state index is 0.159. The number of methoxy groups -OCH3 is 1. The molecule has 1 saturated heterocycles. The van der Waals surface area contributed by atoms with Gasteiger partial charge < -0.3 is 10.1 Å². The van der Waals surface area contributed by atoms with Gasteiger partial charge >= 0.3 is 0 Å². The summed E-state index contributed by atoms with van der Waals surface area (Å²) >= 11 is 0.